The standard InChI is InChI=1S/C18H15ClN2O.C3H6/c1-2-22-15-10-8-13(9-11-15)16-12-17(20-21-18(16)19)14-6-4-3-5-7-14;1-3-2/h3-12H,2H2,1H3;3H,1H2,2H3. The fourth-order valence-corrected chi connectivity index (χ4v) is 2.43. The van der Waals surface area contributed by atoms with Crippen LogP contribution in [0.25, 0.3) is 22.4 Å². The average Bonchev–Trinajstić information content (AvgIpc) is 2.65. The molecule has 3 aromatic rings. The van der Waals surface area contributed by atoms with Gasteiger partial charge in [0.1, 0.15) is 5.75 Å². The molecule has 0 unspecified atom stereocenters. The second-order valence-corrected chi connectivity index (χ2v) is 5.52. The molecule has 0 atom stereocenters. The number of hydrogen-bond acceptors (Lipinski definition) is 3. The maximum atomic E-state index is 6.21. The number of halogens is 1. The van der Waals surface area contributed by atoms with E-state index in [1.165, 1.54) is 0 Å². The highest BCUT2D eigenvalue weighted by atomic mass is 35.5. The normalized spacial score (nSPS) is 9.72. The van der Waals surface area contributed by atoms with Crippen LogP contribution in [0.2, 0.25) is 5.15 Å². The number of benzene rings is 2. The molecular formula is C21H21ClN2O. The Bertz CT molecular complexity index is 802. The highest BCUT2D eigenvalue weighted by Gasteiger charge is 2.09. The molecule has 1 aromatic heterocycles. The van der Waals surface area contributed by atoms with Crippen molar-refractivity contribution in [1.29, 1.82) is 0 Å². The molecule has 0 saturated heterocycles. The number of ether oxygens (including phenoxy) is 1. The van der Waals surface area contributed by atoms with Gasteiger partial charge in [-0.3, -0.25) is 0 Å². The van der Waals surface area contributed by atoms with Crippen molar-refractivity contribution < 1.29 is 4.74 Å². The summed E-state index contributed by atoms with van der Waals surface area (Å²) in [6, 6.07) is 19.7. The summed E-state index contributed by atoms with van der Waals surface area (Å²) in [6.45, 7) is 7.86. The molecule has 0 saturated carbocycles. The molecule has 25 heavy (non-hydrogen) atoms. The third-order valence-corrected chi connectivity index (χ3v) is 3.57. The van der Waals surface area contributed by atoms with E-state index in [-0.39, 0.29) is 0 Å². The smallest absolute Gasteiger partial charge is 0.159 e. The molecule has 1 heterocycles. The van der Waals surface area contributed by atoms with Crippen molar-refractivity contribution in [1.82, 2.24) is 10.2 Å². The molecule has 2 aromatic carbocycles. The molecule has 0 amide bonds. The van der Waals surface area contributed by atoms with E-state index >= 15 is 0 Å². The van der Waals surface area contributed by atoms with E-state index in [0.29, 0.717) is 11.8 Å². The molecule has 0 aliphatic rings. The van der Waals surface area contributed by atoms with Crippen molar-refractivity contribution in [3.05, 3.63) is 78.5 Å². The Hall–Kier alpha value is -2.65. The Morgan fingerprint density at radius 2 is 1.64 bits per heavy atom. The van der Waals surface area contributed by atoms with Gasteiger partial charge in [0.15, 0.2) is 5.15 Å². The van der Waals surface area contributed by atoms with Gasteiger partial charge in [0, 0.05) is 11.1 Å². The molecule has 0 spiro atoms. The third kappa shape index (κ3) is 5.16. The number of hydrogen-bond donors (Lipinski definition) is 0. The van der Waals surface area contributed by atoms with Gasteiger partial charge < -0.3 is 4.74 Å². The molecule has 3 rings (SSSR count). The zero-order chi connectivity index (χ0) is 18.1. The van der Waals surface area contributed by atoms with Crippen molar-refractivity contribution in [2.75, 3.05) is 6.61 Å². The Morgan fingerprint density at radius 1 is 1.00 bits per heavy atom. The Labute approximate surface area is 154 Å². The van der Waals surface area contributed by atoms with Crippen molar-refractivity contribution in [2.45, 2.75) is 13.8 Å². The van der Waals surface area contributed by atoms with Gasteiger partial charge in [0.05, 0.1) is 12.3 Å². The second kappa shape index (κ2) is 9.60. The molecule has 0 bridgehead atoms. The lowest BCUT2D eigenvalue weighted by Crippen LogP contribution is -1.93. The third-order valence-electron chi connectivity index (χ3n) is 3.29. The van der Waals surface area contributed by atoms with Crippen LogP contribution in [0.15, 0.2) is 73.3 Å². The molecule has 3 nitrogen and oxygen atoms in total. The summed E-state index contributed by atoms with van der Waals surface area (Å²) < 4.78 is 5.46. The highest BCUT2D eigenvalue weighted by Crippen LogP contribution is 2.30. The highest BCUT2D eigenvalue weighted by molar-refractivity contribution is 6.32. The van der Waals surface area contributed by atoms with Crippen LogP contribution in [-0.2, 0) is 0 Å². The van der Waals surface area contributed by atoms with Gasteiger partial charge in [-0.15, -0.1) is 16.8 Å². The fraction of sp³-hybridized carbons (Fsp3) is 0.143. The van der Waals surface area contributed by atoms with E-state index in [4.69, 9.17) is 16.3 Å². The van der Waals surface area contributed by atoms with Crippen molar-refractivity contribution in [3.63, 3.8) is 0 Å². The van der Waals surface area contributed by atoms with E-state index in [1.54, 1.807) is 6.08 Å². The van der Waals surface area contributed by atoms with E-state index in [9.17, 15) is 0 Å². The van der Waals surface area contributed by atoms with Gasteiger partial charge in [-0.2, -0.15) is 0 Å². The van der Waals surface area contributed by atoms with E-state index in [0.717, 1.165) is 28.1 Å². The summed E-state index contributed by atoms with van der Waals surface area (Å²) in [5.41, 5.74) is 3.66. The lowest BCUT2D eigenvalue weighted by Gasteiger charge is -2.08. The minimum Gasteiger partial charge on any atom is -0.494 e. The topological polar surface area (TPSA) is 35.0 Å². The Balaban J connectivity index is 0.000000701. The summed E-state index contributed by atoms with van der Waals surface area (Å²) in [7, 11) is 0. The predicted octanol–water partition coefficient (Wildman–Crippen LogP) is 6.06. The quantitative estimate of drug-likeness (QED) is 0.535. The Morgan fingerprint density at radius 3 is 2.24 bits per heavy atom. The minimum atomic E-state index is 0.392. The van der Waals surface area contributed by atoms with Crippen LogP contribution in [0.5, 0.6) is 5.75 Å². The number of rotatable bonds is 4. The largest absolute Gasteiger partial charge is 0.494 e. The van der Waals surface area contributed by atoms with Crippen LogP contribution in [0, 0.1) is 0 Å². The van der Waals surface area contributed by atoms with Gasteiger partial charge in [-0.25, -0.2) is 0 Å². The van der Waals surface area contributed by atoms with E-state index in [2.05, 4.69) is 16.8 Å². The van der Waals surface area contributed by atoms with Crippen molar-refractivity contribution >= 4 is 11.6 Å². The molecule has 0 aliphatic heterocycles. The maximum absolute atomic E-state index is 6.21. The van der Waals surface area contributed by atoms with Crippen LogP contribution in [0.3, 0.4) is 0 Å². The summed E-state index contributed by atoms with van der Waals surface area (Å²) in [5, 5.41) is 8.64. The van der Waals surface area contributed by atoms with Crippen molar-refractivity contribution in [3.8, 4) is 28.1 Å². The van der Waals surface area contributed by atoms with Gasteiger partial charge in [-0.1, -0.05) is 60.1 Å². The molecule has 0 N–H and O–H groups in total. The minimum absolute atomic E-state index is 0.392. The monoisotopic (exact) mass is 352 g/mol. The van der Waals surface area contributed by atoms with Gasteiger partial charge in [0.25, 0.3) is 0 Å². The summed E-state index contributed by atoms with van der Waals surface area (Å²) in [4.78, 5) is 0. The first-order valence-electron chi connectivity index (χ1n) is 8.08. The number of aromatic nitrogens is 2. The zero-order valence-corrected chi connectivity index (χ0v) is 15.2. The predicted molar refractivity (Wildman–Crippen MR) is 105 cm³/mol. The van der Waals surface area contributed by atoms with Crippen LogP contribution in [-0.4, -0.2) is 16.8 Å². The fourth-order valence-electron chi connectivity index (χ4n) is 2.23. The molecule has 4 heteroatoms. The van der Waals surface area contributed by atoms with Crippen molar-refractivity contribution in [2.24, 2.45) is 0 Å². The van der Waals surface area contributed by atoms with E-state index < -0.39 is 0 Å². The molecular weight excluding hydrogens is 332 g/mol. The first-order chi connectivity index (χ1) is 12.2. The number of nitrogens with zero attached hydrogens (tertiary/aromatic N) is 2. The van der Waals surface area contributed by atoms with Crippen LogP contribution in [0.4, 0.5) is 0 Å². The lowest BCUT2D eigenvalue weighted by atomic mass is 10.0. The maximum Gasteiger partial charge on any atom is 0.159 e. The summed E-state index contributed by atoms with van der Waals surface area (Å²) >= 11 is 6.21. The SMILES string of the molecule is C=CC.CCOc1ccc(-c2cc(-c3ccccc3)nnc2Cl)cc1. The second-order valence-electron chi connectivity index (χ2n) is 5.17. The van der Waals surface area contributed by atoms with Gasteiger partial charge >= 0.3 is 0 Å². The van der Waals surface area contributed by atoms with Crippen LogP contribution >= 0.6 is 11.6 Å². The van der Waals surface area contributed by atoms with Gasteiger partial charge in [-0.05, 0) is 37.6 Å². The zero-order valence-electron chi connectivity index (χ0n) is 14.4. The average molecular weight is 353 g/mol. The molecule has 128 valence electrons. The van der Waals surface area contributed by atoms with Gasteiger partial charge in [0.2, 0.25) is 0 Å². The summed E-state index contributed by atoms with van der Waals surface area (Å²) in [6.07, 6.45) is 1.75. The number of allylic oxidation sites excluding steroid dienone is 1. The first-order valence-corrected chi connectivity index (χ1v) is 8.46. The van der Waals surface area contributed by atoms with E-state index in [1.807, 2.05) is 74.5 Å². The molecule has 0 aliphatic carbocycles. The Kier molecular flexibility index (Phi) is 7.17. The first kappa shape index (κ1) is 18.7. The molecule has 0 fully saturated rings. The lowest BCUT2D eigenvalue weighted by molar-refractivity contribution is 0.340. The summed E-state index contributed by atoms with van der Waals surface area (Å²) in [5.74, 6) is 0.840. The van der Waals surface area contributed by atoms with Crippen LogP contribution < -0.4 is 4.74 Å². The molecule has 0 radical (unpaired) electrons. The van der Waals surface area contributed by atoms with Crippen LogP contribution in [0.1, 0.15) is 13.8 Å².